The number of fused-ring (bicyclic) bond motifs is 2. The van der Waals surface area contributed by atoms with E-state index in [1.807, 2.05) is 0 Å². The number of anilines is 1. The number of aryl methyl sites for hydroxylation is 1. The SMILES string of the molecule is CCc1ccc(NC(=S)NC2CC3CCC2C3)cc1. The van der Waals surface area contributed by atoms with E-state index in [0.717, 1.165) is 29.1 Å². The second kappa shape index (κ2) is 5.49. The summed E-state index contributed by atoms with van der Waals surface area (Å²) in [5, 5.41) is 7.59. The molecule has 2 aliphatic rings. The monoisotopic (exact) mass is 274 g/mol. The number of rotatable bonds is 3. The summed E-state index contributed by atoms with van der Waals surface area (Å²) in [5.74, 6) is 1.81. The van der Waals surface area contributed by atoms with Crippen molar-refractivity contribution in [2.75, 3.05) is 5.32 Å². The molecular formula is C16H22N2S. The fourth-order valence-electron chi connectivity index (χ4n) is 3.58. The van der Waals surface area contributed by atoms with Crippen LogP contribution in [0.4, 0.5) is 5.69 Å². The van der Waals surface area contributed by atoms with Gasteiger partial charge in [-0.3, -0.25) is 0 Å². The molecule has 0 aliphatic heterocycles. The smallest absolute Gasteiger partial charge is 0.171 e. The molecule has 19 heavy (non-hydrogen) atoms. The summed E-state index contributed by atoms with van der Waals surface area (Å²) in [6.07, 6.45) is 6.61. The maximum Gasteiger partial charge on any atom is 0.171 e. The van der Waals surface area contributed by atoms with Gasteiger partial charge in [0.25, 0.3) is 0 Å². The lowest BCUT2D eigenvalue weighted by molar-refractivity contribution is 0.392. The maximum atomic E-state index is 5.43. The van der Waals surface area contributed by atoms with Crippen molar-refractivity contribution in [1.29, 1.82) is 0 Å². The summed E-state index contributed by atoms with van der Waals surface area (Å²) < 4.78 is 0. The molecule has 1 aromatic rings. The Hall–Kier alpha value is -1.09. The van der Waals surface area contributed by atoms with E-state index in [1.165, 1.54) is 31.2 Å². The van der Waals surface area contributed by atoms with Crippen LogP contribution in [-0.4, -0.2) is 11.2 Å². The molecular weight excluding hydrogens is 252 g/mol. The lowest BCUT2D eigenvalue weighted by Crippen LogP contribution is -2.40. The standard InChI is InChI=1S/C16H22N2S/c1-2-11-4-7-14(8-5-11)17-16(19)18-15-10-12-3-6-13(15)9-12/h4-5,7-8,12-13,15H,2-3,6,9-10H2,1H3,(H2,17,18,19). The third kappa shape index (κ3) is 2.92. The van der Waals surface area contributed by atoms with Gasteiger partial charge in [0, 0.05) is 11.7 Å². The molecule has 2 bridgehead atoms. The van der Waals surface area contributed by atoms with Crippen molar-refractivity contribution in [2.45, 2.75) is 45.1 Å². The highest BCUT2D eigenvalue weighted by Crippen LogP contribution is 2.44. The van der Waals surface area contributed by atoms with Gasteiger partial charge in [-0.25, -0.2) is 0 Å². The fraction of sp³-hybridized carbons (Fsp3) is 0.562. The van der Waals surface area contributed by atoms with Crippen molar-refractivity contribution >= 4 is 23.0 Å². The van der Waals surface area contributed by atoms with E-state index in [-0.39, 0.29) is 0 Å². The minimum absolute atomic E-state index is 0.605. The molecule has 0 radical (unpaired) electrons. The van der Waals surface area contributed by atoms with E-state index in [1.54, 1.807) is 0 Å². The summed E-state index contributed by atoms with van der Waals surface area (Å²) in [5.41, 5.74) is 2.44. The molecule has 2 nitrogen and oxygen atoms in total. The first-order valence-corrected chi connectivity index (χ1v) is 7.82. The van der Waals surface area contributed by atoms with Crippen molar-refractivity contribution in [3.63, 3.8) is 0 Å². The van der Waals surface area contributed by atoms with E-state index in [0.29, 0.717) is 6.04 Å². The third-order valence-electron chi connectivity index (χ3n) is 4.67. The molecule has 102 valence electrons. The Labute approximate surface area is 121 Å². The first-order chi connectivity index (χ1) is 9.24. The molecule has 0 heterocycles. The van der Waals surface area contributed by atoms with Crippen LogP contribution in [0.25, 0.3) is 0 Å². The van der Waals surface area contributed by atoms with Crippen LogP contribution in [0, 0.1) is 11.8 Å². The number of benzene rings is 1. The average molecular weight is 274 g/mol. The van der Waals surface area contributed by atoms with Crippen LogP contribution in [0.3, 0.4) is 0 Å². The summed E-state index contributed by atoms with van der Waals surface area (Å²) in [7, 11) is 0. The van der Waals surface area contributed by atoms with Gasteiger partial charge in [0.1, 0.15) is 0 Å². The maximum absolute atomic E-state index is 5.43. The Morgan fingerprint density at radius 3 is 2.58 bits per heavy atom. The number of nitrogens with one attached hydrogen (secondary N) is 2. The molecule has 3 atom stereocenters. The van der Waals surface area contributed by atoms with Crippen LogP contribution < -0.4 is 10.6 Å². The zero-order chi connectivity index (χ0) is 13.2. The van der Waals surface area contributed by atoms with Crippen molar-refractivity contribution in [3.8, 4) is 0 Å². The second-order valence-electron chi connectivity index (χ2n) is 5.93. The van der Waals surface area contributed by atoms with Crippen LogP contribution in [0.1, 0.15) is 38.2 Å². The first-order valence-electron chi connectivity index (χ1n) is 7.41. The first kappa shape index (κ1) is 12.9. The predicted molar refractivity (Wildman–Crippen MR) is 84.4 cm³/mol. The highest BCUT2D eigenvalue weighted by molar-refractivity contribution is 7.80. The van der Waals surface area contributed by atoms with E-state index < -0.39 is 0 Å². The lowest BCUT2D eigenvalue weighted by atomic mass is 9.96. The Bertz CT molecular complexity index is 454. The Balaban J connectivity index is 1.53. The molecule has 0 amide bonds. The normalized spacial score (nSPS) is 28.4. The van der Waals surface area contributed by atoms with Crippen molar-refractivity contribution in [2.24, 2.45) is 11.8 Å². The second-order valence-corrected chi connectivity index (χ2v) is 6.34. The fourth-order valence-corrected chi connectivity index (χ4v) is 3.85. The van der Waals surface area contributed by atoms with Gasteiger partial charge in [-0.05, 0) is 67.4 Å². The van der Waals surface area contributed by atoms with Gasteiger partial charge in [0.2, 0.25) is 0 Å². The average Bonchev–Trinajstić information content (AvgIpc) is 3.02. The van der Waals surface area contributed by atoms with Crippen LogP contribution in [0.2, 0.25) is 0 Å². The molecule has 3 unspecified atom stereocenters. The molecule has 0 saturated heterocycles. The number of thiocarbonyl (C=S) groups is 1. The molecule has 0 spiro atoms. The van der Waals surface area contributed by atoms with Crippen molar-refractivity contribution in [3.05, 3.63) is 29.8 Å². The Morgan fingerprint density at radius 1 is 1.21 bits per heavy atom. The van der Waals surface area contributed by atoms with E-state index in [2.05, 4.69) is 41.8 Å². The highest BCUT2D eigenvalue weighted by atomic mass is 32.1. The van der Waals surface area contributed by atoms with Crippen molar-refractivity contribution in [1.82, 2.24) is 5.32 Å². The van der Waals surface area contributed by atoms with Gasteiger partial charge >= 0.3 is 0 Å². The predicted octanol–water partition coefficient (Wildman–Crippen LogP) is 3.72. The summed E-state index contributed by atoms with van der Waals surface area (Å²) in [6.45, 7) is 2.17. The quantitative estimate of drug-likeness (QED) is 0.821. The van der Waals surface area contributed by atoms with Crippen LogP contribution in [-0.2, 0) is 6.42 Å². The minimum Gasteiger partial charge on any atom is -0.359 e. The van der Waals surface area contributed by atoms with Gasteiger partial charge in [-0.15, -0.1) is 0 Å². The van der Waals surface area contributed by atoms with Gasteiger partial charge in [0.05, 0.1) is 0 Å². The Kier molecular flexibility index (Phi) is 3.74. The van der Waals surface area contributed by atoms with Crippen LogP contribution >= 0.6 is 12.2 Å². The van der Waals surface area contributed by atoms with E-state index in [9.17, 15) is 0 Å². The highest BCUT2D eigenvalue weighted by Gasteiger charge is 2.39. The van der Waals surface area contributed by atoms with Gasteiger partial charge in [-0.2, -0.15) is 0 Å². The minimum atomic E-state index is 0.605. The molecule has 2 fully saturated rings. The van der Waals surface area contributed by atoms with Crippen LogP contribution in [0.5, 0.6) is 0 Å². The van der Waals surface area contributed by atoms with Gasteiger partial charge in [-0.1, -0.05) is 25.5 Å². The molecule has 3 heteroatoms. The molecule has 3 rings (SSSR count). The Morgan fingerprint density at radius 2 is 2.00 bits per heavy atom. The molecule has 2 N–H and O–H groups in total. The van der Waals surface area contributed by atoms with Gasteiger partial charge in [0.15, 0.2) is 5.11 Å². The largest absolute Gasteiger partial charge is 0.359 e. The van der Waals surface area contributed by atoms with Gasteiger partial charge < -0.3 is 10.6 Å². The summed E-state index contributed by atoms with van der Waals surface area (Å²) in [4.78, 5) is 0. The zero-order valence-corrected chi connectivity index (χ0v) is 12.3. The molecule has 2 saturated carbocycles. The molecule has 0 aromatic heterocycles. The van der Waals surface area contributed by atoms with E-state index >= 15 is 0 Å². The topological polar surface area (TPSA) is 24.1 Å². The number of hydrogen-bond donors (Lipinski definition) is 2. The molecule has 2 aliphatic carbocycles. The van der Waals surface area contributed by atoms with E-state index in [4.69, 9.17) is 12.2 Å². The number of hydrogen-bond acceptors (Lipinski definition) is 1. The third-order valence-corrected chi connectivity index (χ3v) is 4.89. The molecule has 1 aromatic carbocycles. The van der Waals surface area contributed by atoms with Crippen LogP contribution in [0.15, 0.2) is 24.3 Å². The summed E-state index contributed by atoms with van der Waals surface area (Å²) in [6, 6.07) is 9.13. The summed E-state index contributed by atoms with van der Waals surface area (Å²) >= 11 is 5.43. The lowest BCUT2D eigenvalue weighted by Gasteiger charge is -2.24. The van der Waals surface area contributed by atoms with Crippen molar-refractivity contribution < 1.29 is 0 Å². The zero-order valence-electron chi connectivity index (χ0n) is 11.5.